The monoisotopic (exact) mass is 294 g/mol. The zero-order valence-electron chi connectivity index (χ0n) is 8.34. The first-order chi connectivity index (χ1) is 7.51. The molecule has 0 atom stereocenters. The molecular weight excluding hydrogens is 286 g/mol. The lowest BCUT2D eigenvalue weighted by Crippen LogP contribution is -2.12. The van der Waals surface area contributed by atoms with Gasteiger partial charge in [-0.3, -0.25) is 0 Å². The molecule has 0 aliphatic rings. The lowest BCUT2D eigenvalue weighted by Gasteiger charge is -2.10. The SMILES string of the molecule is COC(=O)c1cc(Br)c(C(F)F)c(CN)n1. The van der Waals surface area contributed by atoms with E-state index >= 15 is 0 Å². The molecule has 2 N–H and O–H groups in total. The van der Waals surface area contributed by atoms with Crippen LogP contribution in [0.15, 0.2) is 10.5 Å². The molecule has 1 aromatic rings. The van der Waals surface area contributed by atoms with Crippen LogP contribution < -0.4 is 5.73 Å². The van der Waals surface area contributed by atoms with Gasteiger partial charge in [-0.1, -0.05) is 15.9 Å². The minimum absolute atomic E-state index is 0.0234. The van der Waals surface area contributed by atoms with Gasteiger partial charge in [-0.15, -0.1) is 0 Å². The van der Waals surface area contributed by atoms with Crippen LogP contribution in [0.3, 0.4) is 0 Å². The third kappa shape index (κ3) is 2.53. The Labute approximate surface area is 98.9 Å². The van der Waals surface area contributed by atoms with Gasteiger partial charge < -0.3 is 10.5 Å². The molecule has 0 spiro atoms. The Morgan fingerprint density at radius 1 is 1.69 bits per heavy atom. The fourth-order valence-electron chi connectivity index (χ4n) is 1.17. The molecule has 0 radical (unpaired) electrons. The molecule has 0 saturated carbocycles. The van der Waals surface area contributed by atoms with Crippen molar-refractivity contribution in [1.29, 1.82) is 0 Å². The number of carbonyl (C=O) groups is 1. The summed E-state index contributed by atoms with van der Waals surface area (Å²) >= 11 is 2.95. The molecule has 0 unspecified atom stereocenters. The first kappa shape index (κ1) is 13.0. The van der Waals surface area contributed by atoms with Gasteiger partial charge in [0.05, 0.1) is 18.4 Å². The quantitative estimate of drug-likeness (QED) is 0.866. The molecule has 1 heterocycles. The molecule has 0 fully saturated rings. The van der Waals surface area contributed by atoms with Crippen molar-refractivity contribution >= 4 is 21.9 Å². The number of halogens is 3. The normalized spacial score (nSPS) is 10.6. The number of hydrogen-bond donors (Lipinski definition) is 1. The van der Waals surface area contributed by atoms with E-state index in [9.17, 15) is 13.6 Å². The topological polar surface area (TPSA) is 65.2 Å². The Hall–Kier alpha value is -1.08. The number of methoxy groups -OCH3 is 1. The molecule has 0 amide bonds. The van der Waals surface area contributed by atoms with Gasteiger partial charge in [0, 0.05) is 11.0 Å². The largest absolute Gasteiger partial charge is 0.464 e. The highest BCUT2D eigenvalue weighted by molar-refractivity contribution is 9.10. The molecule has 1 aromatic heterocycles. The number of carbonyl (C=O) groups excluding carboxylic acids is 1. The van der Waals surface area contributed by atoms with Gasteiger partial charge in [0.2, 0.25) is 0 Å². The molecule has 0 bridgehead atoms. The fraction of sp³-hybridized carbons (Fsp3) is 0.333. The van der Waals surface area contributed by atoms with E-state index in [4.69, 9.17) is 5.73 Å². The number of nitrogens with two attached hydrogens (primary N) is 1. The highest BCUT2D eigenvalue weighted by Crippen LogP contribution is 2.30. The van der Waals surface area contributed by atoms with Crippen molar-refractivity contribution in [3.63, 3.8) is 0 Å². The van der Waals surface area contributed by atoms with Crippen LogP contribution in [0.4, 0.5) is 8.78 Å². The predicted molar refractivity (Wildman–Crippen MR) is 56.1 cm³/mol. The van der Waals surface area contributed by atoms with Gasteiger partial charge in [-0.25, -0.2) is 18.6 Å². The smallest absolute Gasteiger partial charge is 0.356 e. The Morgan fingerprint density at radius 3 is 2.75 bits per heavy atom. The molecule has 0 aliphatic carbocycles. The summed E-state index contributed by atoms with van der Waals surface area (Å²) in [4.78, 5) is 14.9. The second-order valence-corrected chi connectivity index (χ2v) is 3.70. The zero-order valence-corrected chi connectivity index (χ0v) is 9.92. The number of esters is 1. The molecule has 4 nitrogen and oxygen atoms in total. The van der Waals surface area contributed by atoms with E-state index in [1.165, 1.54) is 13.2 Å². The van der Waals surface area contributed by atoms with Crippen LogP contribution in [0.2, 0.25) is 0 Å². The van der Waals surface area contributed by atoms with E-state index in [2.05, 4.69) is 25.7 Å². The summed E-state index contributed by atoms with van der Waals surface area (Å²) in [5.74, 6) is -0.698. The van der Waals surface area contributed by atoms with Gasteiger partial charge in [-0.2, -0.15) is 0 Å². The second-order valence-electron chi connectivity index (χ2n) is 2.85. The Kier molecular flexibility index (Phi) is 4.31. The van der Waals surface area contributed by atoms with Crippen molar-refractivity contribution in [2.75, 3.05) is 7.11 Å². The maximum Gasteiger partial charge on any atom is 0.356 e. The predicted octanol–water partition coefficient (Wildman–Crippen LogP) is 2.03. The maximum atomic E-state index is 12.6. The third-order valence-electron chi connectivity index (χ3n) is 1.89. The van der Waals surface area contributed by atoms with Crippen molar-refractivity contribution in [3.05, 3.63) is 27.5 Å². The highest BCUT2D eigenvalue weighted by Gasteiger charge is 2.20. The fourth-order valence-corrected chi connectivity index (χ4v) is 1.79. The number of alkyl halides is 2. The minimum atomic E-state index is -2.70. The molecule has 7 heteroatoms. The number of hydrogen-bond acceptors (Lipinski definition) is 4. The van der Waals surface area contributed by atoms with Crippen LogP contribution >= 0.6 is 15.9 Å². The van der Waals surface area contributed by atoms with Crippen LogP contribution in [0.25, 0.3) is 0 Å². The summed E-state index contributed by atoms with van der Waals surface area (Å²) in [6.07, 6.45) is -2.70. The van der Waals surface area contributed by atoms with Crippen molar-refractivity contribution < 1.29 is 18.3 Å². The van der Waals surface area contributed by atoms with E-state index in [0.29, 0.717) is 0 Å². The average Bonchev–Trinajstić information content (AvgIpc) is 2.26. The Balaban J connectivity index is 3.32. The van der Waals surface area contributed by atoms with E-state index < -0.39 is 12.4 Å². The molecule has 0 saturated heterocycles. The molecule has 0 aliphatic heterocycles. The van der Waals surface area contributed by atoms with Crippen LogP contribution in [0.5, 0.6) is 0 Å². The minimum Gasteiger partial charge on any atom is -0.464 e. The van der Waals surface area contributed by atoms with Crippen molar-refractivity contribution in [1.82, 2.24) is 4.98 Å². The molecule has 16 heavy (non-hydrogen) atoms. The first-order valence-corrected chi connectivity index (χ1v) is 5.06. The van der Waals surface area contributed by atoms with E-state index in [0.717, 1.165) is 0 Å². The number of rotatable bonds is 3. The maximum absolute atomic E-state index is 12.6. The van der Waals surface area contributed by atoms with Crippen LogP contribution in [0.1, 0.15) is 28.2 Å². The standard InChI is InChI=1S/C9H9BrF2N2O2/c1-16-9(15)5-2-4(10)7(8(11)12)6(3-13)14-5/h2,8H,3,13H2,1H3. The second kappa shape index (κ2) is 5.31. The van der Waals surface area contributed by atoms with Gasteiger partial charge in [0.15, 0.2) is 0 Å². The number of ether oxygens (including phenoxy) is 1. The zero-order chi connectivity index (χ0) is 12.3. The third-order valence-corrected chi connectivity index (χ3v) is 2.55. The number of pyridine rings is 1. The molecule has 88 valence electrons. The lowest BCUT2D eigenvalue weighted by atomic mass is 10.1. The van der Waals surface area contributed by atoms with Gasteiger partial charge >= 0.3 is 5.97 Å². The van der Waals surface area contributed by atoms with Crippen molar-refractivity contribution in [2.24, 2.45) is 5.73 Å². The summed E-state index contributed by atoms with van der Waals surface area (Å²) in [6, 6.07) is 1.19. The summed E-state index contributed by atoms with van der Waals surface area (Å²) in [5, 5.41) is 0. The summed E-state index contributed by atoms with van der Waals surface area (Å²) in [5.41, 5.74) is 4.92. The highest BCUT2D eigenvalue weighted by atomic mass is 79.9. The van der Waals surface area contributed by atoms with E-state index in [-0.39, 0.29) is 28.0 Å². The summed E-state index contributed by atoms with van der Waals surface area (Å²) in [6.45, 7) is -0.177. The average molecular weight is 295 g/mol. The number of aromatic nitrogens is 1. The molecule has 0 aromatic carbocycles. The van der Waals surface area contributed by atoms with Gasteiger partial charge in [-0.05, 0) is 6.07 Å². The van der Waals surface area contributed by atoms with Crippen molar-refractivity contribution in [2.45, 2.75) is 13.0 Å². The van der Waals surface area contributed by atoms with Gasteiger partial charge in [0.25, 0.3) is 6.43 Å². The Morgan fingerprint density at radius 2 is 2.31 bits per heavy atom. The van der Waals surface area contributed by atoms with E-state index in [1.807, 2.05) is 0 Å². The lowest BCUT2D eigenvalue weighted by molar-refractivity contribution is 0.0593. The number of nitrogens with zero attached hydrogens (tertiary/aromatic N) is 1. The Bertz CT molecular complexity index is 413. The molecule has 1 rings (SSSR count). The van der Waals surface area contributed by atoms with Crippen molar-refractivity contribution in [3.8, 4) is 0 Å². The summed E-state index contributed by atoms with van der Waals surface area (Å²) < 4.78 is 29.8. The molecular formula is C9H9BrF2N2O2. The van der Waals surface area contributed by atoms with Gasteiger partial charge in [0.1, 0.15) is 5.69 Å². The summed E-state index contributed by atoms with van der Waals surface area (Å²) in [7, 11) is 1.18. The van der Waals surface area contributed by atoms with Crippen LogP contribution in [-0.4, -0.2) is 18.1 Å². The van der Waals surface area contributed by atoms with Crippen LogP contribution in [0, 0.1) is 0 Å². The van der Waals surface area contributed by atoms with E-state index in [1.54, 1.807) is 0 Å². The van der Waals surface area contributed by atoms with Crippen LogP contribution in [-0.2, 0) is 11.3 Å². The first-order valence-electron chi connectivity index (χ1n) is 4.27.